The van der Waals surface area contributed by atoms with Crippen LogP contribution in [0.3, 0.4) is 0 Å². The quantitative estimate of drug-likeness (QED) is 0.813. The van der Waals surface area contributed by atoms with Crippen molar-refractivity contribution in [2.75, 3.05) is 13.4 Å². The first kappa shape index (κ1) is 15.2. The van der Waals surface area contributed by atoms with Crippen LogP contribution in [0, 0.1) is 6.92 Å². The Labute approximate surface area is 123 Å². The molecule has 0 spiro atoms. The van der Waals surface area contributed by atoms with Gasteiger partial charge in [0.25, 0.3) is 0 Å². The van der Waals surface area contributed by atoms with Gasteiger partial charge in [-0.25, -0.2) is 13.2 Å². The zero-order valence-corrected chi connectivity index (χ0v) is 12.8. The monoisotopic (exact) mass is 305 g/mol. The maximum Gasteiger partial charge on any atom is 0.338 e. The summed E-state index contributed by atoms with van der Waals surface area (Å²) in [6.07, 6.45) is 4.32. The fourth-order valence-electron chi connectivity index (χ4n) is 2.25. The fourth-order valence-corrected chi connectivity index (χ4v) is 3.50. The average Bonchev–Trinajstić information content (AvgIpc) is 2.45. The van der Waals surface area contributed by atoms with Crippen molar-refractivity contribution in [3.05, 3.63) is 47.8 Å². The topological polar surface area (TPSA) is 73.3 Å². The minimum atomic E-state index is -3.51. The molecule has 0 atom stereocenters. The van der Waals surface area contributed by atoms with E-state index in [0.29, 0.717) is 16.7 Å². The van der Waals surface area contributed by atoms with Gasteiger partial charge in [0.1, 0.15) is 0 Å². The summed E-state index contributed by atoms with van der Waals surface area (Å²) in [5, 5.41) is 0. The summed E-state index contributed by atoms with van der Waals surface area (Å²) >= 11 is 0. The second-order valence-corrected chi connectivity index (χ2v) is 6.57. The lowest BCUT2D eigenvalue weighted by atomic mass is 10.0. The lowest BCUT2D eigenvalue weighted by Crippen LogP contribution is -2.10. The van der Waals surface area contributed by atoms with Crippen molar-refractivity contribution in [1.29, 1.82) is 0 Å². The Kier molecular flexibility index (Phi) is 4.09. The molecular formula is C15H15NO4S. The largest absolute Gasteiger partial charge is 0.465 e. The number of esters is 1. The van der Waals surface area contributed by atoms with Crippen LogP contribution in [0.2, 0.25) is 0 Å². The van der Waals surface area contributed by atoms with Gasteiger partial charge in [-0.1, -0.05) is 12.1 Å². The van der Waals surface area contributed by atoms with Crippen molar-refractivity contribution >= 4 is 15.8 Å². The van der Waals surface area contributed by atoms with Gasteiger partial charge in [0.05, 0.1) is 17.6 Å². The highest BCUT2D eigenvalue weighted by Crippen LogP contribution is 2.31. The molecule has 0 N–H and O–H groups in total. The summed E-state index contributed by atoms with van der Waals surface area (Å²) < 4.78 is 29.0. The normalized spacial score (nSPS) is 11.2. The molecule has 1 heterocycles. The van der Waals surface area contributed by atoms with Crippen molar-refractivity contribution in [1.82, 2.24) is 4.98 Å². The standard InChI is InChI=1S/C15H15NO4S/c1-10-12(15(17)20-2)6-7-13(14(10)21(3,18)19)11-5-4-8-16-9-11/h4-9H,1-3H3. The van der Waals surface area contributed by atoms with Crippen LogP contribution in [0.15, 0.2) is 41.6 Å². The summed E-state index contributed by atoms with van der Waals surface area (Å²) in [6, 6.07) is 6.67. The number of carbonyl (C=O) groups is 1. The molecule has 2 aromatic rings. The van der Waals surface area contributed by atoms with E-state index in [4.69, 9.17) is 0 Å². The lowest BCUT2D eigenvalue weighted by molar-refractivity contribution is 0.0599. The molecule has 1 aromatic carbocycles. The van der Waals surface area contributed by atoms with Crippen LogP contribution in [-0.4, -0.2) is 32.7 Å². The highest BCUT2D eigenvalue weighted by atomic mass is 32.2. The van der Waals surface area contributed by atoms with Crippen LogP contribution in [0.4, 0.5) is 0 Å². The van der Waals surface area contributed by atoms with E-state index in [0.717, 1.165) is 6.26 Å². The molecule has 5 nitrogen and oxygen atoms in total. The summed E-state index contributed by atoms with van der Waals surface area (Å²) in [5.74, 6) is -0.560. The third kappa shape index (κ3) is 2.95. The van der Waals surface area contributed by atoms with E-state index in [9.17, 15) is 13.2 Å². The van der Waals surface area contributed by atoms with Crippen LogP contribution in [0.25, 0.3) is 11.1 Å². The van der Waals surface area contributed by atoms with Crippen molar-refractivity contribution in [2.24, 2.45) is 0 Å². The number of hydrogen-bond acceptors (Lipinski definition) is 5. The molecule has 0 aliphatic heterocycles. The second-order valence-electron chi connectivity index (χ2n) is 4.62. The molecule has 0 fully saturated rings. The molecule has 6 heteroatoms. The molecule has 0 aliphatic rings. The van der Waals surface area contributed by atoms with E-state index < -0.39 is 15.8 Å². The molecule has 0 aliphatic carbocycles. The Bertz CT molecular complexity index is 783. The first-order chi connectivity index (χ1) is 9.86. The molecule has 0 radical (unpaired) electrons. The number of methoxy groups -OCH3 is 1. The zero-order chi connectivity index (χ0) is 15.6. The number of pyridine rings is 1. The van der Waals surface area contributed by atoms with Crippen molar-refractivity contribution in [2.45, 2.75) is 11.8 Å². The third-order valence-electron chi connectivity index (χ3n) is 3.15. The Morgan fingerprint density at radius 1 is 1.24 bits per heavy atom. The van der Waals surface area contributed by atoms with Crippen LogP contribution >= 0.6 is 0 Å². The van der Waals surface area contributed by atoms with E-state index >= 15 is 0 Å². The van der Waals surface area contributed by atoms with Gasteiger partial charge in [-0.05, 0) is 24.6 Å². The van der Waals surface area contributed by atoms with Gasteiger partial charge in [-0.3, -0.25) is 4.98 Å². The summed E-state index contributed by atoms with van der Waals surface area (Å²) in [4.78, 5) is 15.9. The first-order valence-electron chi connectivity index (χ1n) is 6.18. The number of rotatable bonds is 3. The van der Waals surface area contributed by atoms with Crippen LogP contribution in [0.1, 0.15) is 15.9 Å². The van der Waals surface area contributed by atoms with E-state index in [1.165, 1.54) is 7.11 Å². The van der Waals surface area contributed by atoms with Gasteiger partial charge >= 0.3 is 5.97 Å². The van der Waals surface area contributed by atoms with Gasteiger partial charge < -0.3 is 4.74 Å². The number of carbonyl (C=O) groups excluding carboxylic acids is 1. The lowest BCUT2D eigenvalue weighted by Gasteiger charge is -2.14. The first-order valence-corrected chi connectivity index (χ1v) is 8.07. The molecule has 0 bridgehead atoms. The molecule has 110 valence electrons. The molecule has 21 heavy (non-hydrogen) atoms. The molecule has 0 saturated carbocycles. The minimum Gasteiger partial charge on any atom is -0.465 e. The van der Waals surface area contributed by atoms with E-state index in [2.05, 4.69) is 9.72 Å². The van der Waals surface area contributed by atoms with Crippen molar-refractivity contribution < 1.29 is 17.9 Å². The number of ether oxygens (including phenoxy) is 1. The maximum atomic E-state index is 12.1. The zero-order valence-electron chi connectivity index (χ0n) is 12.0. The Morgan fingerprint density at radius 3 is 2.48 bits per heavy atom. The smallest absolute Gasteiger partial charge is 0.338 e. The second kappa shape index (κ2) is 5.65. The minimum absolute atomic E-state index is 0.124. The molecule has 0 unspecified atom stereocenters. The Hall–Kier alpha value is -2.21. The van der Waals surface area contributed by atoms with Gasteiger partial charge in [0.15, 0.2) is 9.84 Å². The predicted octanol–water partition coefficient (Wildman–Crippen LogP) is 2.25. The molecular weight excluding hydrogens is 290 g/mol. The third-order valence-corrected chi connectivity index (χ3v) is 4.42. The van der Waals surface area contributed by atoms with Gasteiger partial charge in [-0.2, -0.15) is 0 Å². The van der Waals surface area contributed by atoms with Gasteiger partial charge in [0, 0.05) is 29.8 Å². The molecule has 2 rings (SSSR count). The number of hydrogen-bond donors (Lipinski definition) is 0. The summed E-state index contributed by atoms with van der Waals surface area (Å²) in [6.45, 7) is 1.60. The Morgan fingerprint density at radius 2 is 1.95 bits per heavy atom. The van der Waals surface area contributed by atoms with Crippen LogP contribution in [-0.2, 0) is 14.6 Å². The number of sulfone groups is 1. The molecule has 0 amide bonds. The van der Waals surface area contributed by atoms with E-state index in [-0.39, 0.29) is 10.5 Å². The number of benzene rings is 1. The van der Waals surface area contributed by atoms with E-state index in [1.54, 1.807) is 43.6 Å². The summed E-state index contributed by atoms with van der Waals surface area (Å²) in [7, 11) is -2.25. The van der Waals surface area contributed by atoms with Crippen molar-refractivity contribution in [3.8, 4) is 11.1 Å². The molecule has 0 saturated heterocycles. The Balaban J connectivity index is 2.80. The highest BCUT2D eigenvalue weighted by molar-refractivity contribution is 7.91. The maximum absolute atomic E-state index is 12.1. The highest BCUT2D eigenvalue weighted by Gasteiger charge is 2.22. The number of nitrogens with zero attached hydrogens (tertiary/aromatic N) is 1. The van der Waals surface area contributed by atoms with Crippen LogP contribution in [0.5, 0.6) is 0 Å². The van der Waals surface area contributed by atoms with E-state index in [1.807, 2.05) is 0 Å². The average molecular weight is 305 g/mol. The van der Waals surface area contributed by atoms with Crippen molar-refractivity contribution in [3.63, 3.8) is 0 Å². The summed E-state index contributed by atoms with van der Waals surface area (Å²) in [5.41, 5.74) is 1.82. The van der Waals surface area contributed by atoms with Crippen LogP contribution < -0.4 is 0 Å². The van der Waals surface area contributed by atoms with Gasteiger partial charge in [0.2, 0.25) is 0 Å². The predicted molar refractivity (Wildman–Crippen MR) is 78.9 cm³/mol. The SMILES string of the molecule is COC(=O)c1ccc(-c2cccnc2)c(S(C)(=O)=O)c1C. The molecule has 1 aromatic heterocycles. The van der Waals surface area contributed by atoms with Gasteiger partial charge in [-0.15, -0.1) is 0 Å². The number of aromatic nitrogens is 1. The fraction of sp³-hybridized carbons (Fsp3) is 0.200.